The van der Waals surface area contributed by atoms with Gasteiger partial charge >= 0.3 is 0 Å². The molecule has 0 aromatic heterocycles. The van der Waals surface area contributed by atoms with Crippen molar-refractivity contribution in [2.45, 2.75) is 106 Å². The Morgan fingerprint density at radius 1 is 0.524 bits per heavy atom. The SMILES string of the molecule is CC(CN(C(C)C)C(C)C)OC(C)CN(C(C)C)C(C)C. The molecule has 0 aliphatic heterocycles. The Labute approximate surface area is 134 Å². The third-order valence-corrected chi connectivity index (χ3v) is 4.05. The van der Waals surface area contributed by atoms with Crippen LogP contribution in [-0.4, -0.2) is 59.3 Å². The third kappa shape index (κ3) is 8.18. The minimum atomic E-state index is 0.269. The molecule has 2 atom stereocenters. The molecule has 0 aromatic carbocycles. The Bertz CT molecular complexity index is 222. The van der Waals surface area contributed by atoms with Gasteiger partial charge in [0, 0.05) is 37.3 Å². The molecule has 21 heavy (non-hydrogen) atoms. The summed E-state index contributed by atoms with van der Waals surface area (Å²) in [5.41, 5.74) is 0. The van der Waals surface area contributed by atoms with Gasteiger partial charge in [-0.05, 0) is 69.2 Å². The monoisotopic (exact) mass is 300 g/mol. The zero-order valence-electron chi connectivity index (χ0n) is 16.2. The van der Waals surface area contributed by atoms with Gasteiger partial charge in [-0.1, -0.05) is 0 Å². The lowest BCUT2D eigenvalue weighted by molar-refractivity contribution is -0.0410. The summed E-state index contributed by atoms with van der Waals surface area (Å²) in [5.74, 6) is 0. The van der Waals surface area contributed by atoms with Crippen LogP contribution >= 0.6 is 0 Å². The van der Waals surface area contributed by atoms with Crippen LogP contribution in [0.5, 0.6) is 0 Å². The van der Waals surface area contributed by atoms with E-state index in [9.17, 15) is 0 Å². The minimum Gasteiger partial charge on any atom is -0.373 e. The van der Waals surface area contributed by atoms with Crippen molar-refractivity contribution in [3.63, 3.8) is 0 Å². The average molecular weight is 301 g/mol. The van der Waals surface area contributed by atoms with Crippen LogP contribution in [0, 0.1) is 0 Å². The standard InChI is InChI=1S/C18H40N2O/c1-13(2)19(14(3)4)11-17(9)21-18(10)12-20(15(5)6)16(7)8/h13-18H,11-12H2,1-10H3. The number of hydrogen-bond donors (Lipinski definition) is 0. The largest absolute Gasteiger partial charge is 0.373 e. The van der Waals surface area contributed by atoms with Gasteiger partial charge in [0.1, 0.15) is 0 Å². The fourth-order valence-electron chi connectivity index (χ4n) is 3.11. The summed E-state index contributed by atoms with van der Waals surface area (Å²) in [6.07, 6.45) is 0.539. The molecular weight excluding hydrogens is 260 g/mol. The zero-order valence-corrected chi connectivity index (χ0v) is 16.2. The summed E-state index contributed by atoms with van der Waals surface area (Å²) in [6.45, 7) is 24.5. The molecule has 0 aliphatic carbocycles. The van der Waals surface area contributed by atoms with E-state index < -0.39 is 0 Å². The molecule has 2 unspecified atom stereocenters. The van der Waals surface area contributed by atoms with Gasteiger partial charge in [0.2, 0.25) is 0 Å². The second-order valence-electron chi connectivity index (χ2n) is 7.53. The molecule has 128 valence electrons. The van der Waals surface area contributed by atoms with Gasteiger partial charge in [0.05, 0.1) is 12.2 Å². The van der Waals surface area contributed by atoms with Crippen molar-refractivity contribution < 1.29 is 4.74 Å². The summed E-state index contributed by atoms with van der Waals surface area (Å²) < 4.78 is 6.23. The molecule has 0 aliphatic rings. The highest BCUT2D eigenvalue weighted by atomic mass is 16.5. The fraction of sp³-hybridized carbons (Fsp3) is 1.00. The normalized spacial score (nSPS) is 16.0. The molecule has 0 aromatic rings. The van der Waals surface area contributed by atoms with Gasteiger partial charge in [-0.15, -0.1) is 0 Å². The van der Waals surface area contributed by atoms with Crippen LogP contribution in [-0.2, 0) is 4.74 Å². The van der Waals surface area contributed by atoms with Crippen LogP contribution in [0.15, 0.2) is 0 Å². The molecule has 0 saturated heterocycles. The molecule has 0 amide bonds. The van der Waals surface area contributed by atoms with Crippen LogP contribution in [0.2, 0.25) is 0 Å². The molecule has 0 spiro atoms. The molecule has 0 fully saturated rings. The lowest BCUT2D eigenvalue weighted by atomic mass is 10.2. The first kappa shape index (κ1) is 20.9. The number of hydrogen-bond acceptors (Lipinski definition) is 3. The molecule has 0 N–H and O–H groups in total. The van der Waals surface area contributed by atoms with E-state index in [0.29, 0.717) is 24.2 Å². The van der Waals surface area contributed by atoms with Crippen LogP contribution in [0.1, 0.15) is 69.2 Å². The highest BCUT2D eigenvalue weighted by Crippen LogP contribution is 2.12. The summed E-state index contributed by atoms with van der Waals surface area (Å²) >= 11 is 0. The summed E-state index contributed by atoms with van der Waals surface area (Å²) in [6, 6.07) is 2.26. The highest BCUT2D eigenvalue weighted by molar-refractivity contribution is 4.74. The maximum atomic E-state index is 6.23. The van der Waals surface area contributed by atoms with E-state index in [2.05, 4.69) is 79.0 Å². The summed E-state index contributed by atoms with van der Waals surface area (Å²) in [4.78, 5) is 5.00. The number of rotatable bonds is 10. The second kappa shape index (κ2) is 9.81. The Hall–Kier alpha value is -0.120. The van der Waals surface area contributed by atoms with Crippen molar-refractivity contribution in [2.75, 3.05) is 13.1 Å². The quantitative estimate of drug-likeness (QED) is 0.606. The molecule has 3 heteroatoms. The Kier molecular flexibility index (Phi) is 9.75. The lowest BCUT2D eigenvalue weighted by Gasteiger charge is -2.36. The van der Waals surface area contributed by atoms with Crippen LogP contribution in [0.25, 0.3) is 0 Å². The maximum Gasteiger partial charge on any atom is 0.0678 e. The van der Waals surface area contributed by atoms with Crippen LogP contribution in [0.3, 0.4) is 0 Å². The first-order valence-corrected chi connectivity index (χ1v) is 8.73. The Balaban J connectivity index is 4.40. The first-order chi connectivity index (χ1) is 9.56. The van der Waals surface area contributed by atoms with E-state index in [4.69, 9.17) is 4.74 Å². The van der Waals surface area contributed by atoms with E-state index in [0.717, 1.165) is 13.1 Å². The Morgan fingerprint density at radius 2 is 0.762 bits per heavy atom. The van der Waals surface area contributed by atoms with Crippen molar-refractivity contribution in [3.8, 4) is 0 Å². The first-order valence-electron chi connectivity index (χ1n) is 8.73. The lowest BCUT2D eigenvalue weighted by Crippen LogP contribution is -2.45. The predicted molar refractivity (Wildman–Crippen MR) is 94.0 cm³/mol. The van der Waals surface area contributed by atoms with Gasteiger partial charge in [0.15, 0.2) is 0 Å². The van der Waals surface area contributed by atoms with Gasteiger partial charge in [-0.3, -0.25) is 9.80 Å². The average Bonchev–Trinajstić information content (AvgIpc) is 2.31. The fourth-order valence-corrected chi connectivity index (χ4v) is 3.11. The van der Waals surface area contributed by atoms with Crippen molar-refractivity contribution in [3.05, 3.63) is 0 Å². The summed E-state index contributed by atoms with van der Waals surface area (Å²) in [7, 11) is 0. The van der Waals surface area contributed by atoms with Crippen molar-refractivity contribution in [1.82, 2.24) is 9.80 Å². The van der Waals surface area contributed by atoms with Crippen LogP contribution < -0.4 is 0 Å². The third-order valence-electron chi connectivity index (χ3n) is 4.05. The van der Waals surface area contributed by atoms with Crippen molar-refractivity contribution in [2.24, 2.45) is 0 Å². The van der Waals surface area contributed by atoms with E-state index in [1.807, 2.05) is 0 Å². The molecule has 0 rings (SSSR count). The zero-order chi connectivity index (χ0) is 16.7. The molecule has 0 bridgehead atoms. The van der Waals surface area contributed by atoms with Crippen molar-refractivity contribution >= 4 is 0 Å². The van der Waals surface area contributed by atoms with E-state index in [1.54, 1.807) is 0 Å². The van der Waals surface area contributed by atoms with Crippen molar-refractivity contribution in [1.29, 1.82) is 0 Å². The molecule has 0 radical (unpaired) electrons. The predicted octanol–water partition coefficient (Wildman–Crippen LogP) is 4.02. The Morgan fingerprint density at radius 3 is 0.952 bits per heavy atom. The van der Waals surface area contributed by atoms with Gasteiger partial charge in [0.25, 0.3) is 0 Å². The highest BCUT2D eigenvalue weighted by Gasteiger charge is 2.21. The topological polar surface area (TPSA) is 15.7 Å². The van der Waals surface area contributed by atoms with Gasteiger partial charge < -0.3 is 4.74 Å². The molecule has 0 heterocycles. The smallest absolute Gasteiger partial charge is 0.0678 e. The van der Waals surface area contributed by atoms with E-state index >= 15 is 0 Å². The van der Waals surface area contributed by atoms with E-state index in [1.165, 1.54) is 0 Å². The number of nitrogens with zero attached hydrogens (tertiary/aromatic N) is 2. The summed E-state index contributed by atoms with van der Waals surface area (Å²) in [5, 5.41) is 0. The minimum absolute atomic E-state index is 0.269. The second-order valence-corrected chi connectivity index (χ2v) is 7.53. The molecule has 0 saturated carbocycles. The molecular formula is C18H40N2O. The van der Waals surface area contributed by atoms with E-state index in [-0.39, 0.29) is 12.2 Å². The van der Waals surface area contributed by atoms with Crippen LogP contribution in [0.4, 0.5) is 0 Å². The molecule has 3 nitrogen and oxygen atoms in total. The maximum absolute atomic E-state index is 6.23. The van der Waals surface area contributed by atoms with Gasteiger partial charge in [-0.25, -0.2) is 0 Å². The van der Waals surface area contributed by atoms with Gasteiger partial charge in [-0.2, -0.15) is 0 Å². The number of ether oxygens (including phenoxy) is 1.